The molecular weight excluding hydrogens is 304 g/mol. The van der Waals surface area contributed by atoms with Crippen LogP contribution >= 0.6 is 0 Å². The number of hydrogen-bond acceptors (Lipinski definition) is 7. The molecule has 1 aromatic rings. The van der Waals surface area contributed by atoms with Crippen LogP contribution in [0.25, 0.3) is 0 Å². The Bertz CT molecular complexity index is 582. The van der Waals surface area contributed by atoms with Gasteiger partial charge in [0.1, 0.15) is 17.2 Å². The van der Waals surface area contributed by atoms with Gasteiger partial charge in [0.15, 0.2) is 5.41 Å². The van der Waals surface area contributed by atoms with E-state index in [0.29, 0.717) is 22.8 Å². The van der Waals surface area contributed by atoms with Gasteiger partial charge in [0.05, 0.1) is 35.5 Å². The topological polar surface area (TPSA) is 80.3 Å². The molecule has 2 rings (SSSR count). The van der Waals surface area contributed by atoms with Gasteiger partial charge in [-0.05, 0) is 6.42 Å². The van der Waals surface area contributed by atoms with Gasteiger partial charge in [-0.3, -0.25) is 9.59 Å². The van der Waals surface area contributed by atoms with Crippen LogP contribution in [0.15, 0.2) is 12.1 Å². The first-order chi connectivity index (χ1) is 11.0. The largest absolute Gasteiger partial charge is 0.496 e. The molecule has 23 heavy (non-hydrogen) atoms. The number of rotatable bonds is 6. The van der Waals surface area contributed by atoms with Gasteiger partial charge in [-0.2, -0.15) is 0 Å². The maximum Gasteiger partial charge on any atom is 0.323 e. The highest BCUT2D eigenvalue weighted by Gasteiger charge is 2.69. The van der Waals surface area contributed by atoms with Crippen molar-refractivity contribution < 1.29 is 33.3 Å². The molecule has 1 saturated carbocycles. The molecular formula is C16H20O7. The summed E-state index contributed by atoms with van der Waals surface area (Å²) >= 11 is 0. The summed E-state index contributed by atoms with van der Waals surface area (Å²) < 4.78 is 25.6. The molecule has 1 unspecified atom stereocenters. The van der Waals surface area contributed by atoms with Gasteiger partial charge in [0.25, 0.3) is 0 Å². The molecule has 1 atom stereocenters. The molecule has 0 spiro atoms. The molecule has 0 aliphatic heterocycles. The molecule has 1 aliphatic rings. The number of carbonyl (C=O) groups excluding carboxylic acids is 2. The van der Waals surface area contributed by atoms with Gasteiger partial charge in [-0.25, -0.2) is 0 Å². The molecule has 0 radical (unpaired) electrons. The third-order valence-electron chi connectivity index (χ3n) is 4.16. The van der Waals surface area contributed by atoms with E-state index in [1.807, 2.05) is 0 Å². The van der Waals surface area contributed by atoms with Crippen molar-refractivity contribution in [1.82, 2.24) is 0 Å². The molecule has 1 aliphatic carbocycles. The number of ether oxygens (including phenoxy) is 5. The van der Waals surface area contributed by atoms with Crippen molar-refractivity contribution in [2.24, 2.45) is 5.41 Å². The van der Waals surface area contributed by atoms with Gasteiger partial charge >= 0.3 is 11.9 Å². The van der Waals surface area contributed by atoms with Crippen LogP contribution in [-0.4, -0.2) is 47.5 Å². The van der Waals surface area contributed by atoms with Crippen LogP contribution < -0.4 is 14.2 Å². The lowest BCUT2D eigenvalue weighted by molar-refractivity contribution is -0.161. The molecule has 7 nitrogen and oxygen atoms in total. The fourth-order valence-electron chi connectivity index (χ4n) is 2.89. The maximum absolute atomic E-state index is 12.2. The van der Waals surface area contributed by atoms with E-state index in [1.54, 1.807) is 12.1 Å². The minimum atomic E-state index is -1.36. The molecule has 1 aromatic carbocycles. The second-order valence-electron chi connectivity index (χ2n) is 5.16. The molecule has 0 amide bonds. The van der Waals surface area contributed by atoms with E-state index in [9.17, 15) is 9.59 Å². The van der Waals surface area contributed by atoms with E-state index in [1.165, 1.54) is 35.5 Å². The van der Waals surface area contributed by atoms with E-state index in [0.717, 1.165) is 0 Å². The summed E-state index contributed by atoms with van der Waals surface area (Å²) in [5.41, 5.74) is -0.745. The van der Waals surface area contributed by atoms with Gasteiger partial charge in [-0.1, -0.05) is 0 Å². The smallest absolute Gasteiger partial charge is 0.323 e. The number of benzene rings is 1. The fourth-order valence-corrected chi connectivity index (χ4v) is 2.89. The van der Waals surface area contributed by atoms with Crippen LogP contribution in [0, 0.1) is 5.41 Å². The molecule has 0 bridgehead atoms. The Kier molecular flexibility index (Phi) is 4.68. The Morgan fingerprint density at radius 2 is 1.39 bits per heavy atom. The number of esters is 2. The Labute approximate surface area is 134 Å². The van der Waals surface area contributed by atoms with Gasteiger partial charge in [-0.15, -0.1) is 0 Å². The normalized spacial score (nSPS) is 17.9. The van der Waals surface area contributed by atoms with E-state index in [-0.39, 0.29) is 6.42 Å². The van der Waals surface area contributed by atoms with Crippen molar-refractivity contribution in [2.45, 2.75) is 12.3 Å². The zero-order valence-corrected chi connectivity index (χ0v) is 13.8. The van der Waals surface area contributed by atoms with Gasteiger partial charge in [0, 0.05) is 23.6 Å². The van der Waals surface area contributed by atoms with Crippen molar-refractivity contribution >= 4 is 11.9 Å². The first-order valence-corrected chi connectivity index (χ1v) is 6.96. The monoisotopic (exact) mass is 324 g/mol. The van der Waals surface area contributed by atoms with Crippen molar-refractivity contribution in [3.63, 3.8) is 0 Å². The number of carbonyl (C=O) groups is 2. The zero-order chi connectivity index (χ0) is 17.2. The fraction of sp³-hybridized carbons (Fsp3) is 0.500. The lowest BCUT2D eigenvalue weighted by Gasteiger charge is -2.17. The predicted octanol–water partition coefficient (Wildman–Crippen LogP) is 1.53. The molecule has 0 aromatic heterocycles. The molecule has 7 heteroatoms. The molecule has 126 valence electrons. The highest BCUT2D eigenvalue weighted by atomic mass is 16.5. The summed E-state index contributed by atoms with van der Waals surface area (Å²) in [6, 6.07) is 3.35. The van der Waals surface area contributed by atoms with E-state index in [2.05, 4.69) is 0 Å². The second kappa shape index (κ2) is 6.36. The lowest BCUT2D eigenvalue weighted by Crippen LogP contribution is -2.30. The van der Waals surface area contributed by atoms with Crippen LogP contribution in [-0.2, 0) is 19.1 Å². The van der Waals surface area contributed by atoms with E-state index < -0.39 is 23.3 Å². The van der Waals surface area contributed by atoms with E-state index in [4.69, 9.17) is 23.7 Å². The minimum absolute atomic E-state index is 0.269. The summed E-state index contributed by atoms with van der Waals surface area (Å²) in [7, 11) is 7.00. The third kappa shape index (κ3) is 2.56. The van der Waals surface area contributed by atoms with Crippen molar-refractivity contribution in [3.05, 3.63) is 17.7 Å². The van der Waals surface area contributed by atoms with Crippen LogP contribution in [0.4, 0.5) is 0 Å². The maximum atomic E-state index is 12.2. The predicted molar refractivity (Wildman–Crippen MR) is 79.9 cm³/mol. The Balaban J connectivity index is 2.54. The third-order valence-corrected chi connectivity index (χ3v) is 4.16. The van der Waals surface area contributed by atoms with Crippen molar-refractivity contribution in [1.29, 1.82) is 0 Å². The standard InChI is InChI=1S/C16H20O7/c1-19-9-6-11(20-2)13(12(7-9)21-3)10-8-16(10,14(17)22-4)15(18)23-5/h6-7,10H,8H2,1-5H3. The van der Waals surface area contributed by atoms with Gasteiger partial charge in [0.2, 0.25) is 0 Å². The van der Waals surface area contributed by atoms with Crippen LogP contribution in [0.1, 0.15) is 17.9 Å². The summed E-state index contributed by atoms with van der Waals surface area (Å²) in [4.78, 5) is 24.3. The summed E-state index contributed by atoms with van der Waals surface area (Å²) in [6.45, 7) is 0. The first kappa shape index (κ1) is 16.9. The van der Waals surface area contributed by atoms with Crippen LogP contribution in [0.3, 0.4) is 0 Å². The van der Waals surface area contributed by atoms with Crippen molar-refractivity contribution in [2.75, 3.05) is 35.5 Å². The lowest BCUT2D eigenvalue weighted by atomic mass is 9.97. The van der Waals surface area contributed by atoms with Gasteiger partial charge < -0.3 is 23.7 Å². The summed E-state index contributed by atoms with van der Waals surface area (Å²) in [5.74, 6) is -0.214. The Morgan fingerprint density at radius 1 is 0.913 bits per heavy atom. The SMILES string of the molecule is COC(=O)C1(C(=O)OC)CC1c1c(OC)cc(OC)cc1OC. The number of methoxy groups -OCH3 is 5. The summed E-state index contributed by atoms with van der Waals surface area (Å²) in [5, 5.41) is 0. The Hall–Kier alpha value is -2.44. The average Bonchev–Trinajstić information content (AvgIpc) is 3.35. The Morgan fingerprint density at radius 3 is 1.74 bits per heavy atom. The van der Waals surface area contributed by atoms with Crippen LogP contribution in [0.5, 0.6) is 17.2 Å². The quantitative estimate of drug-likeness (QED) is 0.580. The molecule has 0 heterocycles. The number of hydrogen-bond donors (Lipinski definition) is 0. The average molecular weight is 324 g/mol. The highest BCUT2D eigenvalue weighted by molar-refractivity contribution is 6.05. The highest BCUT2D eigenvalue weighted by Crippen LogP contribution is 2.64. The second-order valence-corrected chi connectivity index (χ2v) is 5.16. The molecule has 0 saturated heterocycles. The molecule has 0 N–H and O–H groups in total. The molecule has 1 fully saturated rings. The first-order valence-electron chi connectivity index (χ1n) is 6.96. The summed E-state index contributed by atoms with van der Waals surface area (Å²) in [6.07, 6.45) is 0.269. The van der Waals surface area contributed by atoms with Crippen molar-refractivity contribution in [3.8, 4) is 17.2 Å². The minimum Gasteiger partial charge on any atom is -0.496 e. The van der Waals surface area contributed by atoms with Crippen LogP contribution in [0.2, 0.25) is 0 Å². The van der Waals surface area contributed by atoms with E-state index >= 15 is 0 Å². The zero-order valence-electron chi connectivity index (χ0n) is 13.8.